The van der Waals surface area contributed by atoms with Gasteiger partial charge in [-0.25, -0.2) is 0 Å². The molecule has 1 aliphatic heterocycles. The first kappa shape index (κ1) is 22.8. The van der Waals surface area contributed by atoms with Crippen LogP contribution in [0.5, 0.6) is 0 Å². The van der Waals surface area contributed by atoms with Crippen LogP contribution in [0.15, 0.2) is 12.2 Å². The van der Waals surface area contributed by atoms with Gasteiger partial charge in [-0.3, -0.25) is 0 Å². The van der Waals surface area contributed by atoms with E-state index in [0.29, 0.717) is 10.1 Å². The van der Waals surface area contributed by atoms with Crippen LogP contribution in [-0.4, -0.2) is 10.1 Å². The van der Waals surface area contributed by atoms with E-state index in [4.69, 9.17) is 29.2 Å². The van der Waals surface area contributed by atoms with E-state index in [1.54, 1.807) is 0 Å². The van der Waals surface area contributed by atoms with Gasteiger partial charge in [0.05, 0.1) is 5.92 Å². The topological polar surface area (TPSA) is 9.23 Å². The second kappa shape index (κ2) is 15.9. The Morgan fingerprint density at radius 1 is 0.800 bits per heavy atom. The van der Waals surface area contributed by atoms with E-state index in [1.165, 1.54) is 89.9 Å². The first-order chi connectivity index (χ1) is 12.2. The Labute approximate surface area is 167 Å². The minimum atomic E-state index is 0.245. The summed E-state index contributed by atoms with van der Waals surface area (Å²) < 4.78 is 5.26. The number of hydrogen-bond donors (Lipinski definition) is 0. The van der Waals surface area contributed by atoms with Crippen molar-refractivity contribution in [1.29, 1.82) is 0 Å². The molecule has 25 heavy (non-hydrogen) atoms. The van der Waals surface area contributed by atoms with Crippen molar-refractivity contribution in [2.75, 3.05) is 0 Å². The zero-order valence-electron chi connectivity index (χ0n) is 16.3. The SMILES string of the molecule is CCCCCCCCCCCCCCCCC=CC1CC(=S)OC1=S. The fraction of sp³-hybridized carbons (Fsp3) is 0.818. The second-order valence-electron chi connectivity index (χ2n) is 7.42. The van der Waals surface area contributed by atoms with E-state index in [-0.39, 0.29) is 5.92 Å². The maximum atomic E-state index is 5.26. The maximum absolute atomic E-state index is 5.26. The van der Waals surface area contributed by atoms with Gasteiger partial charge >= 0.3 is 0 Å². The Kier molecular flexibility index (Phi) is 14.5. The first-order valence-electron chi connectivity index (χ1n) is 10.6. The molecule has 1 fully saturated rings. The number of thiocarbonyl (C=S) groups is 2. The summed E-state index contributed by atoms with van der Waals surface area (Å²) in [4.78, 5) is 0. The van der Waals surface area contributed by atoms with E-state index in [1.807, 2.05) is 0 Å². The summed E-state index contributed by atoms with van der Waals surface area (Å²) in [6.07, 6.45) is 26.2. The summed E-state index contributed by atoms with van der Waals surface area (Å²) in [5, 5.41) is 1.30. The van der Waals surface area contributed by atoms with Gasteiger partial charge in [0, 0.05) is 6.42 Å². The number of hydrogen-bond acceptors (Lipinski definition) is 3. The monoisotopic (exact) mass is 382 g/mol. The van der Waals surface area contributed by atoms with Gasteiger partial charge in [-0.1, -0.05) is 103 Å². The second-order valence-corrected chi connectivity index (χ2v) is 8.27. The van der Waals surface area contributed by atoms with Crippen LogP contribution in [0.2, 0.25) is 0 Å². The summed E-state index contributed by atoms with van der Waals surface area (Å²) in [6.45, 7) is 2.29. The number of ether oxygens (including phenoxy) is 1. The molecule has 0 amide bonds. The van der Waals surface area contributed by atoms with Gasteiger partial charge in [-0.15, -0.1) is 0 Å². The average Bonchev–Trinajstić information content (AvgIpc) is 2.92. The molecule has 0 spiro atoms. The molecule has 0 aromatic heterocycles. The lowest BCUT2D eigenvalue weighted by molar-refractivity contribution is 0.536. The molecule has 0 aromatic carbocycles. The summed E-state index contributed by atoms with van der Waals surface area (Å²) in [5.74, 6) is 0.245. The molecule has 3 heteroatoms. The highest BCUT2D eigenvalue weighted by Crippen LogP contribution is 2.20. The van der Waals surface area contributed by atoms with Crippen LogP contribution in [0.1, 0.15) is 110 Å². The van der Waals surface area contributed by atoms with Crippen LogP contribution in [0.25, 0.3) is 0 Å². The fourth-order valence-corrected chi connectivity index (χ4v) is 3.94. The Bertz CT molecular complexity index is 389. The van der Waals surface area contributed by atoms with E-state index in [2.05, 4.69) is 19.1 Å². The van der Waals surface area contributed by atoms with Gasteiger partial charge in [0.2, 0.25) is 0 Å². The van der Waals surface area contributed by atoms with E-state index >= 15 is 0 Å². The van der Waals surface area contributed by atoms with Crippen LogP contribution in [0.4, 0.5) is 0 Å². The van der Waals surface area contributed by atoms with Crippen molar-refractivity contribution in [2.45, 2.75) is 110 Å². The van der Waals surface area contributed by atoms with E-state index < -0.39 is 0 Å². The molecule has 1 aliphatic rings. The molecule has 0 N–H and O–H groups in total. The van der Waals surface area contributed by atoms with Gasteiger partial charge in [0.15, 0.2) is 10.1 Å². The van der Waals surface area contributed by atoms with E-state index in [9.17, 15) is 0 Å². The normalized spacial score (nSPS) is 17.6. The highest BCUT2D eigenvalue weighted by Gasteiger charge is 2.24. The van der Waals surface area contributed by atoms with Crippen molar-refractivity contribution in [3.63, 3.8) is 0 Å². The molecule has 0 saturated carbocycles. The molecule has 144 valence electrons. The molecule has 1 heterocycles. The molecule has 1 rings (SSSR count). The molecular weight excluding hydrogens is 344 g/mol. The number of allylic oxidation sites excluding steroid dienone is 1. The zero-order valence-corrected chi connectivity index (χ0v) is 17.9. The van der Waals surface area contributed by atoms with Gasteiger partial charge < -0.3 is 4.74 Å². The maximum Gasteiger partial charge on any atom is 0.175 e. The predicted molar refractivity (Wildman–Crippen MR) is 118 cm³/mol. The van der Waals surface area contributed by atoms with Gasteiger partial charge in [-0.05, 0) is 37.3 Å². The Hall–Kier alpha value is -0.280. The summed E-state index contributed by atoms with van der Waals surface area (Å²) in [7, 11) is 0. The molecule has 0 radical (unpaired) electrons. The van der Waals surface area contributed by atoms with Crippen LogP contribution in [-0.2, 0) is 4.74 Å². The molecule has 1 saturated heterocycles. The minimum absolute atomic E-state index is 0.245. The molecule has 0 aromatic rings. The minimum Gasteiger partial charge on any atom is -0.443 e. The van der Waals surface area contributed by atoms with Crippen LogP contribution >= 0.6 is 24.4 Å². The summed E-state index contributed by atoms with van der Waals surface area (Å²) >= 11 is 10.2. The Balaban J connectivity index is 1.77. The van der Waals surface area contributed by atoms with Crippen LogP contribution in [0.3, 0.4) is 0 Å². The predicted octanol–water partition coefficient (Wildman–Crippen LogP) is 8.11. The highest BCUT2D eigenvalue weighted by atomic mass is 32.1. The molecule has 1 nitrogen and oxygen atoms in total. The van der Waals surface area contributed by atoms with Gasteiger partial charge in [0.1, 0.15) is 0 Å². The lowest BCUT2D eigenvalue weighted by atomic mass is 10.0. The van der Waals surface area contributed by atoms with Crippen molar-refractivity contribution in [1.82, 2.24) is 0 Å². The third kappa shape index (κ3) is 12.7. The van der Waals surface area contributed by atoms with E-state index in [0.717, 1.165) is 12.8 Å². The molecular formula is C22H38OS2. The van der Waals surface area contributed by atoms with Crippen molar-refractivity contribution in [3.8, 4) is 0 Å². The van der Waals surface area contributed by atoms with Crippen molar-refractivity contribution in [3.05, 3.63) is 12.2 Å². The summed E-state index contributed by atoms with van der Waals surface area (Å²) in [6, 6.07) is 0. The fourth-order valence-electron chi connectivity index (χ4n) is 3.36. The van der Waals surface area contributed by atoms with Crippen molar-refractivity contribution in [2.24, 2.45) is 5.92 Å². The third-order valence-electron chi connectivity index (χ3n) is 5.00. The van der Waals surface area contributed by atoms with Gasteiger partial charge in [-0.2, -0.15) is 0 Å². The quantitative estimate of drug-likeness (QED) is 0.151. The van der Waals surface area contributed by atoms with Crippen LogP contribution < -0.4 is 0 Å². The zero-order chi connectivity index (χ0) is 18.2. The Morgan fingerprint density at radius 3 is 1.72 bits per heavy atom. The largest absolute Gasteiger partial charge is 0.443 e. The molecule has 1 atom stereocenters. The number of rotatable bonds is 16. The molecule has 1 unspecified atom stereocenters. The van der Waals surface area contributed by atoms with Crippen molar-refractivity contribution >= 4 is 34.5 Å². The molecule has 0 aliphatic carbocycles. The lowest BCUT2D eigenvalue weighted by Gasteiger charge is -2.03. The smallest absolute Gasteiger partial charge is 0.175 e. The number of unbranched alkanes of at least 4 members (excludes halogenated alkanes) is 14. The lowest BCUT2D eigenvalue weighted by Crippen LogP contribution is -2.00. The standard InChI is InChI=1S/C22H38OS2/c1-2-3-4-5-6-7-8-9-10-11-12-13-14-15-16-17-18-20-19-21(24)23-22(20)25/h17-18,20H,2-16,19H2,1H3. The third-order valence-corrected chi connectivity index (χ3v) is 5.63. The Morgan fingerprint density at radius 2 is 1.28 bits per heavy atom. The van der Waals surface area contributed by atoms with Crippen molar-refractivity contribution < 1.29 is 4.74 Å². The van der Waals surface area contributed by atoms with Crippen LogP contribution in [0, 0.1) is 5.92 Å². The summed E-state index contributed by atoms with van der Waals surface area (Å²) in [5.41, 5.74) is 0. The van der Waals surface area contributed by atoms with Gasteiger partial charge in [0.25, 0.3) is 0 Å². The average molecular weight is 383 g/mol. The molecule has 0 bridgehead atoms. The first-order valence-corrected chi connectivity index (χ1v) is 11.5. The highest BCUT2D eigenvalue weighted by molar-refractivity contribution is 7.81.